The minimum Gasteiger partial charge on any atom is -0.288 e. The maximum Gasteiger partial charge on any atom is 0.197 e. The molecule has 6 aliphatic rings. The Morgan fingerprint density at radius 1 is 0.527 bits per heavy atom. The molecule has 2 saturated carbocycles. The number of thiophene rings is 3. The molecule has 3 aromatic heterocycles. The van der Waals surface area contributed by atoms with E-state index in [2.05, 4.69) is 6.08 Å². The van der Waals surface area contributed by atoms with Gasteiger partial charge in [0.1, 0.15) is 0 Å². The molecule has 0 saturated heterocycles. The van der Waals surface area contributed by atoms with Crippen LogP contribution in [-0.4, -0.2) is 23.1 Å². The van der Waals surface area contributed by atoms with Gasteiger partial charge in [-0.3, -0.25) is 19.2 Å². The van der Waals surface area contributed by atoms with Gasteiger partial charge in [0, 0.05) is 47.5 Å². The zero-order chi connectivity index (χ0) is 37.7. The Kier molecular flexibility index (Phi) is 7.05. The lowest BCUT2D eigenvalue weighted by Gasteiger charge is -2.38. The van der Waals surface area contributed by atoms with Gasteiger partial charge in [-0.15, -0.1) is 34.0 Å². The lowest BCUT2D eigenvalue weighted by molar-refractivity contribution is 0.0973. The standard InChI is InChI=1S/C44H28F4O4S3/c45-28-15-21-22(16-29(28)46)36(50)25(35(21)49)11-19-12-27-33(43(19)7-3-1-4-8-43)40-34(44(27)9-5-2-6-10-44)41-42(55-40)39-32(54-41)14-20(53-39)13-26-37(51)23-17-30(47)31(48)18-24(23)38(26)52/h11-18H,1-10H2. The van der Waals surface area contributed by atoms with Crippen LogP contribution in [0, 0.1) is 28.7 Å². The Morgan fingerprint density at radius 2 is 1.02 bits per heavy atom. The number of allylic oxidation sites excluding steroid dienone is 7. The number of hydrogen-bond acceptors (Lipinski definition) is 7. The predicted molar refractivity (Wildman–Crippen MR) is 206 cm³/mol. The summed E-state index contributed by atoms with van der Waals surface area (Å²) in [6, 6.07) is 5.25. The lowest BCUT2D eigenvalue weighted by Crippen LogP contribution is -2.28. The Hall–Kier alpha value is -4.58. The molecule has 0 unspecified atom stereocenters. The Morgan fingerprint density at radius 3 is 1.55 bits per heavy atom. The Bertz CT molecular complexity index is 2760. The van der Waals surface area contributed by atoms with Crippen LogP contribution in [0.5, 0.6) is 0 Å². The first-order valence-corrected chi connectivity index (χ1v) is 21.0. The molecule has 0 N–H and O–H groups in total. The van der Waals surface area contributed by atoms with Gasteiger partial charge >= 0.3 is 0 Å². The van der Waals surface area contributed by atoms with E-state index in [9.17, 15) is 36.7 Å². The van der Waals surface area contributed by atoms with Crippen LogP contribution < -0.4 is 0 Å². The van der Waals surface area contributed by atoms with Crippen LogP contribution in [0.15, 0.2) is 64.8 Å². The van der Waals surface area contributed by atoms with E-state index < -0.39 is 51.8 Å². The molecule has 0 amide bonds. The fraction of sp³-hybridized carbons (Fsp3) is 0.273. The molecule has 11 rings (SSSR count). The number of ketones is 4. The average molecular weight is 793 g/mol. The maximum atomic E-state index is 14.2. The average Bonchev–Trinajstić information content (AvgIpc) is 4.01. The molecule has 5 aromatic rings. The molecule has 6 aliphatic carbocycles. The molecule has 0 atom stereocenters. The van der Waals surface area contributed by atoms with Crippen LogP contribution in [0.2, 0.25) is 0 Å². The summed E-state index contributed by atoms with van der Waals surface area (Å²) in [5.74, 6) is -7.02. The van der Waals surface area contributed by atoms with Crippen LogP contribution in [0.25, 0.3) is 30.4 Å². The van der Waals surface area contributed by atoms with Crippen molar-refractivity contribution in [1.82, 2.24) is 0 Å². The zero-order valence-corrected chi connectivity index (χ0v) is 31.5. The summed E-state index contributed by atoms with van der Waals surface area (Å²) in [5.41, 5.74) is 3.71. The second kappa shape index (κ2) is 11.5. The second-order valence-electron chi connectivity index (χ2n) is 15.6. The van der Waals surface area contributed by atoms with Crippen LogP contribution in [0.3, 0.4) is 0 Å². The topological polar surface area (TPSA) is 68.3 Å². The summed E-state index contributed by atoms with van der Waals surface area (Å²) in [6.07, 6.45) is 15.6. The number of Topliss-reactive ketones (excluding diaryl/α,β-unsaturated/α-hetero) is 4. The van der Waals surface area contributed by atoms with E-state index in [0.717, 1.165) is 108 Å². The Labute approximate surface area is 323 Å². The quantitative estimate of drug-likeness (QED) is 0.101. The van der Waals surface area contributed by atoms with Gasteiger partial charge in [-0.05, 0) is 90.4 Å². The molecule has 4 nitrogen and oxygen atoms in total. The molecule has 2 spiro atoms. The summed E-state index contributed by atoms with van der Waals surface area (Å²) in [5, 5.41) is 0. The van der Waals surface area contributed by atoms with Crippen LogP contribution in [-0.2, 0) is 5.41 Å². The van der Waals surface area contributed by atoms with E-state index in [1.807, 2.05) is 6.07 Å². The number of carbonyl (C=O) groups is 4. The van der Waals surface area contributed by atoms with Crippen LogP contribution >= 0.6 is 34.0 Å². The molecule has 2 fully saturated rings. The third-order valence-electron chi connectivity index (χ3n) is 12.9. The minimum absolute atomic E-state index is 0.0398. The van der Waals surface area contributed by atoms with Gasteiger partial charge in [-0.25, -0.2) is 17.6 Å². The molecule has 274 valence electrons. The van der Waals surface area contributed by atoms with Crippen molar-refractivity contribution in [1.29, 1.82) is 0 Å². The summed E-state index contributed by atoms with van der Waals surface area (Å²) in [6.45, 7) is 0. The highest BCUT2D eigenvalue weighted by atomic mass is 32.1. The number of benzene rings is 2. The molecule has 55 heavy (non-hydrogen) atoms. The van der Waals surface area contributed by atoms with Crippen LogP contribution in [0.4, 0.5) is 17.6 Å². The van der Waals surface area contributed by atoms with E-state index in [4.69, 9.17) is 0 Å². The first-order valence-electron chi connectivity index (χ1n) is 18.6. The minimum atomic E-state index is -1.17. The molecular weight excluding hydrogens is 765 g/mol. The van der Waals surface area contributed by atoms with Crippen molar-refractivity contribution < 1.29 is 36.7 Å². The molecular formula is C44H28F4O4S3. The summed E-state index contributed by atoms with van der Waals surface area (Å²) >= 11 is 5.00. The largest absolute Gasteiger partial charge is 0.288 e. The number of fused-ring (bicyclic) bond motifs is 11. The number of carbonyl (C=O) groups excluding carboxylic acids is 4. The highest BCUT2D eigenvalue weighted by Crippen LogP contribution is 2.70. The van der Waals surface area contributed by atoms with Crippen molar-refractivity contribution in [3.05, 3.63) is 126 Å². The maximum absolute atomic E-state index is 14.2. The second-order valence-corrected chi connectivity index (χ2v) is 18.8. The predicted octanol–water partition coefficient (Wildman–Crippen LogP) is 12.1. The monoisotopic (exact) mass is 792 g/mol. The van der Waals surface area contributed by atoms with Gasteiger partial charge in [-0.1, -0.05) is 44.6 Å². The van der Waals surface area contributed by atoms with Gasteiger partial charge in [0.05, 0.1) is 25.2 Å². The zero-order valence-electron chi connectivity index (χ0n) is 29.1. The summed E-state index contributed by atoms with van der Waals surface area (Å²) < 4.78 is 60.9. The highest BCUT2D eigenvalue weighted by Gasteiger charge is 2.57. The molecule has 0 bridgehead atoms. The first kappa shape index (κ1) is 33.7. The lowest BCUT2D eigenvalue weighted by atomic mass is 9.66. The van der Waals surface area contributed by atoms with Crippen molar-refractivity contribution in [3.8, 4) is 0 Å². The SMILES string of the molecule is O=C1C(=CC2=CC3=C(c4sc5c(sc6cc(C=C7C(=O)c8cc(F)c(F)cc8C7=O)sc65)c4C34CCCCC4)C23CCCCC3)C(=O)c2cc(F)c(F)cc21. The van der Waals surface area contributed by atoms with E-state index in [0.29, 0.717) is 4.88 Å². The Balaban J connectivity index is 1.04. The number of halogens is 4. The molecule has 11 heteroatoms. The van der Waals surface area contributed by atoms with Crippen molar-refractivity contribution in [3.63, 3.8) is 0 Å². The van der Waals surface area contributed by atoms with Crippen molar-refractivity contribution in [2.45, 2.75) is 69.6 Å². The third kappa shape index (κ3) is 4.37. The fourth-order valence-corrected chi connectivity index (χ4v) is 15.0. The summed E-state index contributed by atoms with van der Waals surface area (Å²) in [7, 11) is 0. The van der Waals surface area contributed by atoms with Gasteiger partial charge in [0.25, 0.3) is 0 Å². The molecule has 2 aromatic carbocycles. The normalized spacial score (nSPS) is 20.8. The number of hydrogen-bond donors (Lipinski definition) is 0. The fourth-order valence-electron chi connectivity index (χ4n) is 10.4. The van der Waals surface area contributed by atoms with Gasteiger partial charge in [-0.2, -0.15) is 0 Å². The van der Waals surface area contributed by atoms with E-state index in [1.54, 1.807) is 34.8 Å². The van der Waals surface area contributed by atoms with Gasteiger partial charge in [0.15, 0.2) is 46.4 Å². The highest BCUT2D eigenvalue weighted by molar-refractivity contribution is 7.39. The number of rotatable bonds is 2. The van der Waals surface area contributed by atoms with Crippen LogP contribution in [0.1, 0.15) is 121 Å². The van der Waals surface area contributed by atoms with Crippen molar-refractivity contribution in [2.75, 3.05) is 0 Å². The summed E-state index contributed by atoms with van der Waals surface area (Å²) in [4.78, 5) is 55.5. The molecule has 3 heterocycles. The van der Waals surface area contributed by atoms with Crippen molar-refractivity contribution >= 4 is 87.6 Å². The van der Waals surface area contributed by atoms with Crippen molar-refractivity contribution in [2.24, 2.45) is 5.41 Å². The van der Waals surface area contributed by atoms with E-state index in [-0.39, 0.29) is 38.8 Å². The molecule has 0 aliphatic heterocycles. The van der Waals surface area contributed by atoms with E-state index in [1.165, 1.54) is 37.6 Å². The third-order valence-corrected chi connectivity index (χ3v) is 16.8. The van der Waals surface area contributed by atoms with Gasteiger partial charge < -0.3 is 0 Å². The molecule has 0 radical (unpaired) electrons. The van der Waals surface area contributed by atoms with Gasteiger partial charge in [0.2, 0.25) is 0 Å². The smallest absolute Gasteiger partial charge is 0.197 e. The first-order chi connectivity index (χ1) is 26.5. The van der Waals surface area contributed by atoms with E-state index >= 15 is 0 Å².